The van der Waals surface area contributed by atoms with Crippen LogP contribution in [0.25, 0.3) is 22.1 Å². The summed E-state index contributed by atoms with van der Waals surface area (Å²) in [4.78, 5) is 32.0. The third-order valence-electron chi connectivity index (χ3n) is 5.45. The SMILES string of the molecule is C=C(C)C(=O)OCCCCCCCCCCOc1cc2oc(=O)c(-c3ccncc3)cc2cn1. The highest BCUT2D eigenvalue weighted by Crippen LogP contribution is 2.22. The number of hydrogen-bond acceptors (Lipinski definition) is 7. The van der Waals surface area contributed by atoms with Gasteiger partial charge in [-0.15, -0.1) is 0 Å². The summed E-state index contributed by atoms with van der Waals surface area (Å²) < 4.78 is 16.3. The summed E-state index contributed by atoms with van der Waals surface area (Å²) in [7, 11) is 0. The van der Waals surface area contributed by atoms with Gasteiger partial charge in [0.25, 0.3) is 0 Å². The van der Waals surface area contributed by atoms with Crippen LogP contribution in [0.1, 0.15) is 58.3 Å². The number of carbonyl (C=O) groups is 1. The van der Waals surface area contributed by atoms with E-state index in [0.717, 1.165) is 49.5 Å². The molecule has 0 aromatic carbocycles. The number of nitrogens with zero attached hydrogens (tertiary/aromatic N) is 2. The second kappa shape index (κ2) is 13.3. The normalized spacial score (nSPS) is 10.9. The molecule has 7 nitrogen and oxygen atoms in total. The van der Waals surface area contributed by atoms with Crippen LogP contribution in [0, 0.1) is 0 Å². The average Bonchev–Trinajstić information content (AvgIpc) is 2.84. The first-order valence-corrected chi connectivity index (χ1v) is 11.8. The Morgan fingerprint density at radius 2 is 1.62 bits per heavy atom. The largest absolute Gasteiger partial charge is 0.478 e. The van der Waals surface area contributed by atoms with E-state index in [1.165, 1.54) is 12.8 Å². The molecule has 3 aromatic heterocycles. The van der Waals surface area contributed by atoms with Crippen LogP contribution in [-0.4, -0.2) is 29.2 Å². The molecular formula is C27H32N2O5. The van der Waals surface area contributed by atoms with Gasteiger partial charge in [0.1, 0.15) is 5.58 Å². The van der Waals surface area contributed by atoms with Crippen molar-refractivity contribution in [1.29, 1.82) is 0 Å². The lowest BCUT2D eigenvalue weighted by Crippen LogP contribution is -2.05. The van der Waals surface area contributed by atoms with Gasteiger partial charge in [-0.3, -0.25) is 4.98 Å². The molecule has 0 aliphatic rings. The monoisotopic (exact) mass is 464 g/mol. The first kappa shape index (κ1) is 25.1. The third kappa shape index (κ3) is 7.83. The summed E-state index contributed by atoms with van der Waals surface area (Å²) in [5.41, 5.74) is 1.75. The average molecular weight is 465 g/mol. The van der Waals surface area contributed by atoms with E-state index in [2.05, 4.69) is 16.5 Å². The summed E-state index contributed by atoms with van der Waals surface area (Å²) >= 11 is 0. The fourth-order valence-electron chi connectivity index (χ4n) is 3.54. The lowest BCUT2D eigenvalue weighted by Gasteiger charge is -2.07. The van der Waals surface area contributed by atoms with Crippen LogP contribution in [0.5, 0.6) is 5.88 Å². The Labute approximate surface area is 199 Å². The summed E-state index contributed by atoms with van der Waals surface area (Å²) in [5.74, 6) is 0.153. The van der Waals surface area contributed by atoms with Gasteiger partial charge in [0.15, 0.2) is 0 Å². The number of esters is 1. The smallest absolute Gasteiger partial charge is 0.344 e. The fourth-order valence-corrected chi connectivity index (χ4v) is 3.54. The molecule has 0 saturated heterocycles. The molecule has 0 amide bonds. The zero-order valence-corrected chi connectivity index (χ0v) is 19.8. The van der Waals surface area contributed by atoms with E-state index in [1.54, 1.807) is 49.8 Å². The van der Waals surface area contributed by atoms with E-state index in [1.807, 2.05) is 0 Å². The van der Waals surface area contributed by atoms with Gasteiger partial charge in [-0.25, -0.2) is 14.6 Å². The Morgan fingerprint density at radius 1 is 0.971 bits per heavy atom. The molecule has 0 atom stereocenters. The Bertz CT molecular complexity index is 1140. The van der Waals surface area contributed by atoms with Crippen molar-refractivity contribution >= 4 is 16.9 Å². The summed E-state index contributed by atoms with van der Waals surface area (Å²) in [6.45, 7) is 6.27. The number of rotatable bonds is 14. The predicted molar refractivity (Wildman–Crippen MR) is 132 cm³/mol. The number of aromatic nitrogens is 2. The number of ether oxygens (including phenoxy) is 2. The first-order valence-electron chi connectivity index (χ1n) is 11.8. The molecule has 34 heavy (non-hydrogen) atoms. The van der Waals surface area contributed by atoms with Gasteiger partial charge in [-0.1, -0.05) is 45.1 Å². The molecule has 0 bridgehead atoms. The highest BCUT2D eigenvalue weighted by atomic mass is 16.5. The summed E-state index contributed by atoms with van der Waals surface area (Å²) in [6.07, 6.45) is 13.6. The number of fused-ring (bicyclic) bond motifs is 1. The molecule has 0 saturated carbocycles. The van der Waals surface area contributed by atoms with Crippen LogP contribution in [0.4, 0.5) is 0 Å². The number of carbonyl (C=O) groups excluding carboxylic acids is 1. The molecule has 7 heteroatoms. The highest BCUT2D eigenvalue weighted by Gasteiger charge is 2.09. The van der Waals surface area contributed by atoms with E-state index in [0.29, 0.717) is 35.8 Å². The quantitative estimate of drug-likeness (QED) is 0.167. The van der Waals surface area contributed by atoms with Gasteiger partial charge in [-0.05, 0) is 43.5 Å². The molecule has 0 aliphatic carbocycles. The van der Waals surface area contributed by atoms with Crippen LogP contribution in [-0.2, 0) is 9.53 Å². The van der Waals surface area contributed by atoms with Gasteiger partial charge in [0.2, 0.25) is 5.88 Å². The number of pyridine rings is 2. The van der Waals surface area contributed by atoms with Gasteiger partial charge in [-0.2, -0.15) is 0 Å². The van der Waals surface area contributed by atoms with Crippen LogP contribution in [0.3, 0.4) is 0 Å². The van der Waals surface area contributed by atoms with E-state index in [9.17, 15) is 9.59 Å². The van der Waals surface area contributed by atoms with E-state index in [4.69, 9.17) is 13.9 Å². The van der Waals surface area contributed by atoms with Crippen LogP contribution >= 0.6 is 0 Å². The maximum absolute atomic E-state index is 12.4. The van der Waals surface area contributed by atoms with Crippen molar-refractivity contribution in [2.75, 3.05) is 13.2 Å². The molecule has 0 aliphatic heterocycles. The van der Waals surface area contributed by atoms with Crippen molar-refractivity contribution in [2.45, 2.75) is 58.3 Å². The standard InChI is InChI=1S/C27H32N2O5/c1-20(2)26(30)33-16-10-8-6-4-3-5-7-9-15-32-25-18-24-22(19-29-25)17-23(27(31)34-24)21-11-13-28-14-12-21/h11-14,17-19H,1,3-10,15-16H2,2H3. The van der Waals surface area contributed by atoms with E-state index >= 15 is 0 Å². The second-order valence-corrected chi connectivity index (χ2v) is 8.34. The lowest BCUT2D eigenvalue weighted by molar-refractivity contribution is -0.139. The Hall–Kier alpha value is -3.48. The Kier molecular flexibility index (Phi) is 9.82. The Balaban J connectivity index is 1.31. The minimum Gasteiger partial charge on any atom is -0.478 e. The van der Waals surface area contributed by atoms with Gasteiger partial charge < -0.3 is 13.9 Å². The van der Waals surface area contributed by atoms with Crippen LogP contribution in [0.15, 0.2) is 64.2 Å². The molecular weight excluding hydrogens is 432 g/mol. The van der Waals surface area contributed by atoms with Crippen molar-refractivity contribution in [3.05, 3.63) is 65.4 Å². The maximum atomic E-state index is 12.4. The highest BCUT2D eigenvalue weighted by molar-refractivity contribution is 5.86. The molecule has 0 fully saturated rings. The molecule has 3 rings (SSSR count). The van der Waals surface area contributed by atoms with Crippen molar-refractivity contribution in [3.8, 4) is 17.0 Å². The maximum Gasteiger partial charge on any atom is 0.344 e. The second-order valence-electron chi connectivity index (χ2n) is 8.34. The predicted octanol–water partition coefficient (Wildman–Crippen LogP) is 5.87. The summed E-state index contributed by atoms with van der Waals surface area (Å²) in [5, 5.41) is 0.743. The zero-order chi connectivity index (χ0) is 24.2. The first-order chi connectivity index (χ1) is 16.5. The number of hydrogen-bond donors (Lipinski definition) is 0. The van der Waals surface area contributed by atoms with Crippen molar-refractivity contribution < 1.29 is 18.7 Å². The zero-order valence-electron chi connectivity index (χ0n) is 19.8. The lowest BCUT2D eigenvalue weighted by atomic mass is 10.1. The van der Waals surface area contributed by atoms with E-state index in [-0.39, 0.29) is 5.97 Å². The fraction of sp³-hybridized carbons (Fsp3) is 0.407. The molecule has 0 unspecified atom stereocenters. The third-order valence-corrected chi connectivity index (χ3v) is 5.45. The van der Waals surface area contributed by atoms with Crippen LogP contribution < -0.4 is 10.4 Å². The minimum atomic E-state index is -0.399. The molecule has 3 heterocycles. The van der Waals surface area contributed by atoms with E-state index < -0.39 is 5.63 Å². The number of unbranched alkanes of at least 4 members (excludes halogenated alkanes) is 7. The van der Waals surface area contributed by atoms with Gasteiger partial charge in [0.05, 0.1) is 18.8 Å². The Morgan fingerprint density at radius 3 is 2.29 bits per heavy atom. The topological polar surface area (TPSA) is 91.5 Å². The molecule has 0 spiro atoms. The van der Waals surface area contributed by atoms with Gasteiger partial charge >= 0.3 is 11.6 Å². The van der Waals surface area contributed by atoms with Crippen LogP contribution in [0.2, 0.25) is 0 Å². The van der Waals surface area contributed by atoms with Crippen molar-refractivity contribution in [3.63, 3.8) is 0 Å². The van der Waals surface area contributed by atoms with Crippen molar-refractivity contribution in [1.82, 2.24) is 9.97 Å². The summed E-state index contributed by atoms with van der Waals surface area (Å²) in [6, 6.07) is 6.99. The van der Waals surface area contributed by atoms with Gasteiger partial charge in [0, 0.05) is 35.6 Å². The van der Waals surface area contributed by atoms with Crippen molar-refractivity contribution in [2.24, 2.45) is 0 Å². The molecule has 3 aromatic rings. The molecule has 180 valence electrons. The molecule has 0 N–H and O–H groups in total. The molecule has 0 radical (unpaired) electrons. The minimum absolute atomic E-state index is 0.305.